The van der Waals surface area contributed by atoms with Crippen molar-refractivity contribution in [1.29, 1.82) is 0 Å². The first kappa shape index (κ1) is 14.8. The van der Waals surface area contributed by atoms with Crippen molar-refractivity contribution in [2.45, 2.75) is 19.2 Å². The Bertz CT molecular complexity index is 603. The Morgan fingerprint density at radius 1 is 1.11 bits per heavy atom. The van der Waals surface area contributed by atoms with Gasteiger partial charge in [0.25, 0.3) is 0 Å². The molecule has 0 radical (unpaired) electrons. The highest BCUT2D eigenvalue weighted by Crippen LogP contribution is 2.38. The zero-order valence-electron chi connectivity index (χ0n) is 10.5. The van der Waals surface area contributed by atoms with Crippen molar-refractivity contribution in [3.8, 4) is 0 Å². The molecule has 4 heteroatoms. The van der Waals surface area contributed by atoms with E-state index in [-0.39, 0.29) is 11.2 Å². The standard InChI is InChI=1S/C15H12BrCl2F/c1-8-5-11(19)6-9(2)14(8)15(18)12-7-10(17)3-4-13(12)16/h3-7,15H,1-2H3. The van der Waals surface area contributed by atoms with E-state index in [1.165, 1.54) is 12.1 Å². The third-order valence-corrected chi connectivity index (χ3v) is 4.45. The molecule has 0 heterocycles. The maximum Gasteiger partial charge on any atom is 0.123 e. The van der Waals surface area contributed by atoms with Gasteiger partial charge in [0.1, 0.15) is 5.82 Å². The van der Waals surface area contributed by atoms with Crippen LogP contribution in [0, 0.1) is 19.7 Å². The van der Waals surface area contributed by atoms with E-state index >= 15 is 0 Å². The van der Waals surface area contributed by atoms with Crippen molar-refractivity contribution in [2.24, 2.45) is 0 Å². The number of halogens is 4. The summed E-state index contributed by atoms with van der Waals surface area (Å²) in [5, 5.41) is 0.259. The molecule has 1 unspecified atom stereocenters. The molecule has 0 aliphatic carbocycles. The van der Waals surface area contributed by atoms with Gasteiger partial charge in [0.05, 0.1) is 5.38 Å². The maximum atomic E-state index is 13.3. The lowest BCUT2D eigenvalue weighted by Gasteiger charge is -2.18. The number of benzene rings is 2. The lowest BCUT2D eigenvalue weighted by Crippen LogP contribution is -2.01. The van der Waals surface area contributed by atoms with Crippen molar-refractivity contribution in [3.63, 3.8) is 0 Å². The summed E-state index contributed by atoms with van der Waals surface area (Å²) < 4.78 is 14.2. The van der Waals surface area contributed by atoms with Crippen LogP contribution in [0.3, 0.4) is 0 Å². The molecule has 100 valence electrons. The van der Waals surface area contributed by atoms with Crippen LogP contribution >= 0.6 is 39.1 Å². The van der Waals surface area contributed by atoms with Crippen LogP contribution < -0.4 is 0 Å². The van der Waals surface area contributed by atoms with Crippen LogP contribution in [0.1, 0.15) is 27.6 Å². The molecule has 0 amide bonds. The summed E-state index contributed by atoms with van der Waals surface area (Å²) in [5.41, 5.74) is 3.48. The zero-order valence-corrected chi connectivity index (χ0v) is 13.6. The first-order chi connectivity index (χ1) is 8.90. The molecule has 0 aliphatic rings. The van der Waals surface area contributed by atoms with Crippen LogP contribution in [0.4, 0.5) is 4.39 Å². The van der Waals surface area contributed by atoms with Crippen LogP contribution in [0.2, 0.25) is 5.02 Å². The van der Waals surface area contributed by atoms with E-state index in [4.69, 9.17) is 23.2 Å². The highest BCUT2D eigenvalue weighted by molar-refractivity contribution is 9.10. The van der Waals surface area contributed by atoms with Gasteiger partial charge in [-0.1, -0.05) is 27.5 Å². The quantitative estimate of drug-likeness (QED) is 0.559. The molecular weight excluding hydrogens is 350 g/mol. The van der Waals surface area contributed by atoms with Crippen LogP contribution in [-0.2, 0) is 0 Å². The second-order valence-corrected chi connectivity index (χ2v) is 6.21. The molecule has 0 aliphatic heterocycles. The monoisotopic (exact) mass is 360 g/mol. The predicted octanol–water partition coefficient (Wildman–Crippen LogP) is 6.19. The van der Waals surface area contributed by atoms with Crippen LogP contribution in [0.5, 0.6) is 0 Å². The largest absolute Gasteiger partial charge is 0.207 e. The second kappa shape index (κ2) is 5.82. The highest BCUT2D eigenvalue weighted by Gasteiger charge is 2.19. The van der Waals surface area contributed by atoms with Crippen LogP contribution in [-0.4, -0.2) is 0 Å². The molecule has 0 bridgehead atoms. The number of hydrogen-bond donors (Lipinski definition) is 0. The fourth-order valence-electron chi connectivity index (χ4n) is 2.19. The molecule has 2 aromatic carbocycles. The topological polar surface area (TPSA) is 0 Å². The number of hydrogen-bond acceptors (Lipinski definition) is 0. The molecule has 0 N–H and O–H groups in total. The molecular formula is C15H12BrCl2F. The Morgan fingerprint density at radius 3 is 2.26 bits per heavy atom. The van der Waals surface area contributed by atoms with Gasteiger partial charge in [-0.3, -0.25) is 0 Å². The lowest BCUT2D eigenvalue weighted by atomic mass is 9.95. The molecule has 2 aromatic rings. The summed E-state index contributed by atoms with van der Waals surface area (Å²) in [7, 11) is 0. The molecule has 19 heavy (non-hydrogen) atoms. The Hall–Kier alpha value is -0.570. The van der Waals surface area contributed by atoms with Crippen molar-refractivity contribution in [3.05, 3.63) is 67.9 Å². The summed E-state index contributed by atoms with van der Waals surface area (Å²) in [4.78, 5) is 0. The Balaban J connectivity index is 2.56. The van der Waals surface area contributed by atoms with Crippen LogP contribution in [0.15, 0.2) is 34.8 Å². The van der Waals surface area contributed by atoms with Gasteiger partial charge in [-0.05, 0) is 66.4 Å². The van der Waals surface area contributed by atoms with Gasteiger partial charge in [-0.2, -0.15) is 0 Å². The van der Waals surface area contributed by atoms with E-state index in [0.29, 0.717) is 5.02 Å². The average molecular weight is 362 g/mol. The third-order valence-electron chi connectivity index (χ3n) is 3.04. The first-order valence-corrected chi connectivity index (χ1v) is 7.36. The van der Waals surface area contributed by atoms with Crippen molar-refractivity contribution >= 4 is 39.1 Å². The second-order valence-electron chi connectivity index (χ2n) is 4.48. The van der Waals surface area contributed by atoms with Crippen LogP contribution in [0.25, 0.3) is 0 Å². The lowest BCUT2D eigenvalue weighted by molar-refractivity contribution is 0.624. The molecule has 1 atom stereocenters. The van der Waals surface area contributed by atoms with Gasteiger partial charge >= 0.3 is 0 Å². The minimum Gasteiger partial charge on any atom is -0.207 e. The Labute approximate surface area is 130 Å². The molecule has 0 saturated heterocycles. The third kappa shape index (κ3) is 3.13. The number of alkyl halides is 1. The molecule has 0 aromatic heterocycles. The van der Waals surface area contributed by atoms with Crippen molar-refractivity contribution in [1.82, 2.24) is 0 Å². The van der Waals surface area contributed by atoms with Gasteiger partial charge in [-0.15, -0.1) is 11.6 Å². The molecule has 0 spiro atoms. The van der Waals surface area contributed by atoms with E-state index in [9.17, 15) is 4.39 Å². The number of aryl methyl sites for hydroxylation is 2. The highest BCUT2D eigenvalue weighted by atomic mass is 79.9. The maximum absolute atomic E-state index is 13.3. The van der Waals surface area contributed by atoms with Crippen molar-refractivity contribution in [2.75, 3.05) is 0 Å². The van der Waals surface area contributed by atoms with Gasteiger partial charge in [0.2, 0.25) is 0 Å². The number of rotatable bonds is 2. The average Bonchev–Trinajstić information content (AvgIpc) is 2.30. The minimum atomic E-state index is -0.367. The SMILES string of the molecule is Cc1cc(F)cc(C)c1C(Cl)c1cc(Cl)ccc1Br. The van der Waals surface area contributed by atoms with Gasteiger partial charge in [0.15, 0.2) is 0 Å². The van der Waals surface area contributed by atoms with Gasteiger partial charge in [-0.25, -0.2) is 4.39 Å². The molecule has 0 nitrogen and oxygen atoms in total. The molecule has 0 fully saturated rings. The first-order valence-electron chi connectivity index (χ1n) is 5.76. The van der Waals surface area contributed by atoms with E-state index in [1.807, 2.05) is 26.0 Å². The van der Waals surface area contributed by atoms with E-state index in [0.717, 1.165) is 26.7 Å². The van der Waals surface area contributed by atoms with Crippen molar-refractivity contribution < 1.29 is 4.39 Å². The van der Waals surface area contributed by atoms with E-state index in [1.54, 1.807) is 6.07 Å². The fourth-order valence-corrected chi connectivity index (χ4v) is 3.50. The Morgan fingerprint density at radius 2 is 1.68 bits per heavy atom. The fraction of sp³-hybridized carbons (Fsp3) is 0.200. The van der Waals surface area contributed by atoms with Gasteiger partial charge in [0, 0.05) is 9.50 Å². The molecule has 2 rings (SSSR count). The summed E-state index contributed by atoms with van der Waals surface area (Å²) >= 11 is 16.0. The van der Waals surface area contributed by atoms with Gasteiger partial charge < -0.3 is 0 Å². The summed E-state index contributed by atoms with van der Waals surface area (Å²) in [6, 6.07) is 8.47. The normalized spacial score (nSPS) is 12.5. The Kier molecular flexibility index (Phi) is 4.54. The van der Waals surface area contributed by atoms with E-state index in [2.05, 4.69) is 15.9 Å². The minimum absolute atomic E-state index is 0.243. The summed E-state index contributed by atoms with van der Waals surface area (Å²) in [6.07, 6.45) is 0. The summed E-state index contributed by atoms with van der Waals surface area (Å²) in [5.74, 6) is -0.243. The smallest absolute Gasteiger partial charge is 0.123 e. The predicted molar refractivity (Wildman–Crippen MR) is 82.7 cm³/mol. The summed E-state index contributed by atoms with van der Waals surface area (Å²) in [6.45, 7) is 3.72. The zero-order chi connectivity index (χ0) is 14.2. The molecule has 0 saturated carbocycles. The van der Waals surface area contributed by atoms with E-state index < -0.39 is 0 Å².